The van der Waals surface area contributed by atoms with Gasteiger partial charge in [-0.2, -0.15) is 13.2 Å². The molecule has 1 aliphatic carbocycles. The number of hydrogen-bond donors (Lipinski definition) is 2. The van der Waals surface area contributed by atoms with Gasteiger partial charge in [-0.05, 0) is 61.9 Å². The lowest BCUT2D eigenvalue weighted by molar-refractivity contribution is -0.138. The molecule has 2 aliphatic rings. The smallest absolute Gasteiger partial charge is 0.325 e. The number of alkyl halides is 5. The van der Waals surface area contributed by atoms with Gasteiger partial charge in [-0.1, -0.05) is 12.1 Å². The van der Waals surface area contributed by atoms with E-state index >= 15 is 0 Å². The van der Waals surface area contributed by atoms with Crippen LogP contribution in [0.25, 0.3) is 0 Å². The maximum atomic E-state index is 14.1. The molecule has 2 aromatic rings. The van der Waals surface area contributed by atoms with Crippen LogP contribution in [0.4, 0.5) is 27.6 Å². The van der Waals surface area contributed by atoms with Crippen molar-refractivity contribution >= 4 is 23.8 Å². The van der Waals surface area contributed by atoms with Gasteiger partial charge in [0.05, 0.1) is 18.4 Å². The second-order valence-electron chi connectivity index (χ2n) is 11.0. The average molecular weight is 550 g/mol. The Morgan fingerprint density at radius 2 is 1.82 bits per heavy atom. The van der Waals surface area contributed by atoms with E-state index in [1.54, 1.807) is 31.3 Å². The van der Waals surface area contributed by atoms with Crippen molar-refractivity contribution in [1.29, 1.82) is 10.8 Å². The number of rotatable bonds is 8. The number of hydrogen-bond acceptors (Lipinski definition) is 4. The lowest BCUT2D eigenvalue weighted by Gasteiger charge is -2.48. The minimum Gasteiger partial charge on any atom is -0.325 e. The molecule has 1 fully saturated rings. The van der Waals surface area contributed by atoms with Crippen molar-refractivity contribution in [2.45, 2.75) is 69.8 Å². The van der Waals surface area contributed by atoms with Crippen LogP contribution in [0.5, 0.6) is 0 Å². The van der Waals surface area contributed by atoms with Crippen molar-refractivity contribution in [3.8, 4) is 0 Å². The normalized spacial score (nSPS) is 17.8. The minimum absolute atomic E-state index is 0.00993. The van der Waals surface area contributed by atoms with Gasteiger partial charge in [-0.3, -0.25) is 20.5 Å². The van der Waals surface area contributed by atoms with Gasteiger partial charge in [0.25, 0.3) is 5.91 Å². The third-order valence-corrected chi connectivity index (χ3v) is 7.81. The molecule has 1 saturated carbocycles. The summed E-state index contributed by atoms with van der Waals surface area (Å²) in [5.41, 5.74) is -0.884. The Balaban J connectivity index is 1.70. The third kappa shape index (κ3) is 5.54. The fourth-order valence-corrected chi connectivity index (χ4v) is 5.39. The lowest BCUT2D eigenvalue weighted by Crippen LogP contribution is -2.51. The molecule has 1 aliphatic heterocycles. The average Bonchev–Trinajstić information content (AvgIpc) is 3.17. The molecule has 39 heavy (non-hydrogen) atoms. The van der Waals surface area contributed by atoms with Crippen LogP contribution in [0.3, 0.4) is 0 Å². The van der Waals surface area contributed by atoms with Crippen molar-refractivity contribution in [2.75, 3.05) is 19.0 Å². The highest BCUT2D eigenvalue weighted by molar-refractivity contribution is 6.10. The molecular formula is C28H32F5N5O. The van der Waals surface area contributed by atoms with Gasteiger partial charge in [-0.25, -0.2) is 8.78 Å². The molecule has 0 saturated heterocycles. The molecule has 210 valence electrons. The van der Waals surface area contributed by atoms with Gasteiger partial charge >= 0.3 is 6.18 Å². The summed E-state index contributed by atoms with van der Waals surface area (Å²) in [5.74, 6) is -3.50. The Morgan fingerprint density at radius 3 is 2.38 bits per heavy atom. The predicted molar refractivity (Wildman–Crippen MR) is 140 cm³/mol. The summed E-state index contributed by atoms with van der Waals surface area (Å²) in [6.07, 6.45) is -4.78. The Kier molecular flexibility index (Phi) is 7.35. The molecule has 0 aromatic heterocycles. The van der Waals surface area contributed by atoms with Gasteiger partial charge in [0, 0.05) is 55.6 Å². The van der Waals surface area contributed by atoms with E-state index in [0.717, 1.165) is 12.4 Å². The molecule has 0 unspecified atom stereocenters. The Hall–Kier alpha value is -3.34. The molecule has 2 N–H and O–H groups in total. The standard InChI is InChI=1S/C28H32F5N5O/c1-17(2)36(3)12-18-8-21-22(23(9-18)28(31,32)33)13-38(25(21)39)20-7-5-6-19(10-20)26(14-27(29,30)15-26)11-24(35)37(4)16-34/h5-10,16-17,34-35H,11-15H2,1-4H3. The topological polar surface area (TPSA) is 74.5 Å². The van der Waals surface area contributed by atoms with Crippen LogP contribution in [-0.2, 0) is 24.7 Å². The number of carbonyl (C=O) groups is 1. The van der Waals surface area contributed by atoms with Crippen LogP contribution in [0.15, 0.2) is 36.4 Å². The fraction of sp³-hybridized carbons (Fsp3) is 0.464. The van der Waals surface area contributed by atoms with Crippen LogP contribution in [0.2, 0.25) is 0 Å². The highest BCUT2D eigenvalue weighted by atomic mass is 19.4. The zero-order chi connectivity index (χ0) is 28.9. The van der Waals surface area contributed by atoms with E-state index in [1.807, 2.05) is 18.7 Å². The van der Waals surface area contributed by atoms with E-state index in [-0.39, 0.29) is 42.5 Å². The number of nitrogens with one attached hydrogen (secondary N) is 2. The number of carbonyl (C=O) groups excluding carboxylic acids is 1. The van der Waals surface area contributed by atoms with E-state index in [1.165, 1.54) is 22.9 Å². The van der Waals surface area contributed by atoms with Crippen LogP contribution >= 0.6 is 0 Å². The fourth-order valence-electron chi connectivity index (χ4n) is 5.39. The van der Waals surface area contributed by atoms with E-state index < -0.39 is 41.8 Å². The number of halogens is 5. The minimum atomic E-state index is -4.66. The summed E-state index contributed by atoms with van der Waals surface area (Å²) in [4.78, 5) is 17.8. The maximum absolute atomic E-state index is 14.1. The van der Waals surface area contributed by atoms with Crippen LogP contribution < -0.4 is 4.90 Å². The largest absolute Gasteiger partial charge is 0.416 e. The number of anilines is 1. The SMILES string of the molecule is CC(C)N(C)Cc1cc2c(c(C(F)(F)F)c1)CN(c1cccc(C3(CC(=N)N(C)C=N)CC(F)(F)C3)c1)C2=O. The lowest BCUT2D eigenvalue weighted by atomic mass is 9.60. The first-order valence-electron chi connectivity index (χ1n) is 12.6. The van der Waals surface area contributed by atoms with Crippen LogP contribution in [-0.4, -0.2) is 53.9 Å². The van der Waals surface area contributed by atoms with Crippen molar-refractivity contribution in [1.82, 2.24) is 9.80 Å². The summed E-state index contributed by atoms with van der Waals surface area (Å²) < 4.78 is 70.5. The molecule has 0 spiro atoms. The predicted octanol–water partition coefficient (Wildman–Crippen LogP) is 6.28. The molecule has 0 bridgehead atoms. The number of nitrogens with zero attached hydrogens (tertiary/aromatic N) is 3. The molecular weight excluding hydrogens is 517 g/mol. The van der Waals surface area contributed by atoms with Gasteiger partial charge in [0.15, 0.2) is 0 Å². The molecule has 1 amide bonds. The molecule has 2 aromatic carbocycles. The van der Waals surface area contributed by atoms with Gasteiger partial charge in [0.2, 0.25) is 5.92 Å². The molecule has 4 rings (SSSR count). The number of fused-ring (bicyclic) bond motifs is 1. The van der Waals surface area contributed by atoms with E-state index in [2.05, 4.69) is 0 Å². The molecule has 11 heteroatoms. The van der Waals surface area contributed by atoms with E-state index in [9.17, 15) is 26.7 Å². The highest BCUT2D eigenvalue weighted by Gasteiger charge is 2.57. The molecule has 6 nitrogen and oxygen atoms in total. The van der Waals surface area contributed by atoms with Crippen molar-refractivity contribution in [3.05, 3.63) is 64.2 Å². The summed E-state index contributed by atoms with van der Waals surface area (Å²) in [6.45, 7) is 3.80. The molecule has 1 heterocycles. The van der Waals surface area contributed by atoms with Crippen molar-refractivity contribution < 1.29 is 26.7 Å². The highest BCUT2D eigenvalue weighted by Crippen LogP contribution is 2.56. The van der Waals surface area contributed by atoms with Crippen LogP contribution in [0, 0.1) is 10.8 Å². The zero-order valence-electron chi connectivity index (χ0n) is 22.3. The number of benzene rings is 2. The van der Waals surface area contributed by atoms with Crippen LogP contribution in [0.1, 0.15) is 65.7 Å². The summed E-state index contributed by atoms with van der Waals surface area (Å²) in [5, 5.41) is 15.6. The van der Waals surface area contributed by atoms with Crippen molar-refractivity contribution in [2.24, 2.45) is 0 Å². The second kappa shape index (κ2) is 10.0. The van der Waals surface area contributed by atoms with Crippen molar-refractivity contribution in [3.63, 3.8) is 0 Å². The summed E-state index contributed by atoms with van der Waals surface area (Å²) >= 11 is 0. The Morgan fingerprint density at radius 1 is 1.15 bits per heavy atom. The monoisotopic (exact) mass is 549 g/mol. The van der Waals surface area contributed by atoms with Gasteiger partial charge in [-0.15, -0.1) is 0 Å². The molecule has 0 atom stereocenters. The Bertz CT molecular complexity index is 1300. The second-order valence-corrected chi connectivity index (χ2v) is 11.0. The zero-order valence-corrected chi connectivity index (χ0v) is 22.3. The maximum Gasteiger partial charge on any atom is 0.416 e. The first kappa shape index (κ1) is 28.7. The van der Waals surface area contributed by atoms with Gasteiger partial charge < -0.3 is 9.80 Å². The van der Waals surface area contributed by atoms with Gasteiger partial charge in [0.1, 0.15) is 5.84 Å². The summed E-state index contributed by atoms with van der Waals surface area (Å²) in [6, 6.07) is 9.08. The summed E-state index contributed by atoms with van der Waals surface area (Å²) in [7, 11) is 3.28. The molecule has 0 radical (unpaired) electrons. The van der Waals surface area contributed by atoms with E-state index in [4.69, 9.17) is 10.8 Å². The quantitative estimate of drug-likeness (QED) is 0.231. The first-order valence-corrected chi connectivity index (χ1v) is 12.6. The number of amidine groups is 1. The Labute approximate surface area is 224 Å². The van der Waals surface area contributed by atoms with E-state index in [0.29, 0.717) is 16.8 Å². The number of amides is 1. The first-order chi connectivity index (χ1) is 18.1. The third-order valence-electron chi connectivity index (χ3n) is 7.81.